The molecule has 23 heavy (non-hydrogen) atoms. The van der Waals surface area contributed by atoms with E-state index in [2.05, 4.69) is 0 Å². The van der Waals surface area contributed by atoms with Crippen LogP contribution < -0.4 is 10.2 Å². The first kappa shape index (κ1) is 14.6. The number of phenols is 1. The van der Waals surface area contributed by atoms with Crippen LogP contribution in [0.3, 0.4) is 0 Å². The lowest BCUT2D eigenvalue weighted by Crippen LogP contribution is -2.09. The van der Waals surface area contributed by atoms with Gasteiger partial charge in [-0.05, 0) is 29.8 Å². The van der Waals surface area contributed by atoms with Gasteiger partial charge < -0.3 is 19.4 Å². The summed E-state index contributed by atoms with van der Waals surface area (Å²) >= 11 is 0. The number of aliphatic carboxylic acids is 1. The predicted molar refractivity (Wildman–Crippen MR) is 82.7 cm³/mol. The van der Waals surface area contributed by atoms with Crippen molar-refractivity contribution < 1.29 is 24.2 Å². The summed E-state index contributed by atoms with van der Waals surface area (Å²) in [5.41, 5.74) is 0.832. The van der Waals surface area contributed by atoms with Crippen LogP contribution in [-0.4, -0.2) is 22.8 Å². The monoisotopic (exact) mass is 312 g/mol. The lowest BCUT2D eigenvalue weighted by Gasteiger charge is -2.06. The van der Waals surface area contributed by atoms with Crippen LogP contribution in [0.1, 0.15) is 0 Å². The highest BCUT2D eigenvalue weighted by Crippen LogP contribution is 2.26. The Morgan fingerprint density at radius 3 is 2.57 bits per heavy atom. The van der Waals surface area contributed by atoms with Crippen LogP contribution in [0.2, 0.25) is 0 Å². The Hall–Kier alpha value is -3.28. The second-order valence-corrected chi connectivity index (χ2v) is 4.84. The normalized spacial score (nSPS) is 10.6. The van der Waals surface area contributed by atoms with Crippen LogP contribution in [0.15, 0.2) is 57.9 Å². The molecule has 0 spiro atoms. The fourth-order valence-electron chi connectivity index (χ4n) is 2.23. The molecule has 0 atom stereocenters. The standard InChI is InChI=1S/C17H12O6/c18-13-2-1-3-14-16(13)17(21)12(8-23-14)10-4-6-11(7-5-10)22-9-15(19)20/h1-8,18H,9H2,(H,19,20). The molecule has 2 N–H and O–H groups in total. The van der Waals surface area contributed by atoms with Crippen LogP contribution in [-0.2, 0) is 4.79 Å². The summed E-state index contributed by atoms with van der Waals surface area (Å²) in [7, 11) is 0. The third-order valence-corrected chi connectivity index (χ3v) is 3.31. The van der Waals surface area contributed by atoms with E-state index < -0.39 is 12.6 Å². The molecule has 0 aliphatic rings. The zero-order valence-corrected chi connectivity index (χ0v) is 11.9. The fraction of sp³-hybridized carbons (Fsp3) is 0.0588. The average molecular weight is 312 g/mol. The Balaban J connectivity index is 2.00. The third kappa shape index (κ3) is 2.87. The molecule has 1 heterocycles. The van der Waals surface area contributed by atoms with E-state index in [0.717, 1.165) is 0 Å². The minimum atomic E-state index is -1.07. The summed E-state index contributed by atoms with van der Waals surface area (Å²) in [6.45, 7) is -0.439. The van der Waals surface area contributed by atoms with Crippen LogP contribution in [0, 0.1) is 0 Å². The van der Waals surface area contributed by atoms with Crippen LogP contribution in [0.25, 0.3) is 22.1 Å². The van der Waals surface area contributed by atoms with Crippen molar-refractivity contribution in [2.24, 2.45) is 0 Å². The lowest BCUT2D eigenvalue weighted by atomic mass is 10.1. The van der Waals surface area contributed by atoms with Crippen molar-refractivity contribution in [1.82, 2.24) is 0 Å². The quantitative estimate of drug-likeness (QED) is 0.768. The Bertz CT molecular complexity index is 924. The zero-order valence-electron chi connectivity index (χ0n) is 11.9. The van der Waals surface area contributed by atoms with Crippen molar-refractivity contribution in [2.75, 3.05) is 6.61 Å². The predicted octanol–water partition coefficient (Wildman–Crippen LogP) is 2.63. The number of aromatic hydroxyl groups is 1. The number of hydrogen-bond donors (Lipinski definition) is 2. The van der Waals surface area contributed by atoms with Crippen molar-refractivity contribution in [3.8, 4) is 22.6 Å². The highest BCUT2D eigenvalue weighted by Gasteiger charge is 2.12. The summed E-state index contributed by atoms with van der Waals surface area (Å²) in [4.78, 5) is 23.0. The maximum Gasteiger partial charge on any atom is 0.341 e. The van der Waals surface area contributed by atoms with Gasteiger partial charge in [-0.15, -0.1) is 0 Å². The molecule has 6 heteroatoms. The molecule has 6 nitrogen and oxygen atoms in total. The van der Waals surface area contributed by atoms with Gasteiger partial charge in [0.05, 0.1) is 5.56 Å². The summed E-state index contributed by atoms with van der Waals surface area (Å²) in [5.74, 6) is -0.830. The molecule has 0 unspecified atom stereocenters. The third-order valence-electron chi connectivity index (χ3n) is 3.31. The molecule has 0 fully saturated rings. The number of ether oxygens (including phenoxy) is 1. The summed E-state index contributed by atoms with van der Waals surface area (Å²) < 4.78 is 10.4. The summed E-state index contributed by atoms with van der Waals surface area (Å²) in [6, 6.07) is 11.0. The van der Waals surface area contributed by atoms with E-state index in [9.17, 15) is 14.7 Å². The number of carbonyl (C=O) groups is 1. The van der Waals surface area contributed by atoms with E-state index >= 15 is 0 Å². The van der Waals surface area contributed by atoms with Crippen LogP contribution in [0.4, 0.5) is 0 Å². The first-order valence-corrected chi connectivity index (χ1v) is 6.75. The smallest absolute Gasteiger partial charge is 0.341 e. The molecule has 3 aromatic rings. The molecule has 3 rings (SSSR count). The first-order chi connectivity index (χ1) is 11.1. The van der Waals surface area contributed by atoms with E-state index in [0.29, 0.717) is 22.5 Å². The molecule has 0 bridgehead atoms. The largest absolute Gasteiger partial charge is 0.507 e. The second kappa shape index (κ2) is 5.84. The van der Waals surface area contributed by atoms with E-state index in [1.165, 1.54) is 12.3 Å². The van der Waals surface area contributed by atoms with Crippen molar-refractivity contribution in [3.05, 3.63) is 59.0 Å². The number of phenolic OH excluding ortho intramolecular Hbond substituents is 1. The Kier molecular flexibility index (Phi) is 3.72. The minimum Gasteiger partial charge on any atom is -0.507 e. The van der Waals surface area contributed by atoms with Crippen molar-refractivity contribution in [3.63, 3.8) is 0 Å². The van der Waals surface area contributed by atoms with Crippen LogP contribution >= 0.6 is 0 Å². The lowest BCUT2D eigenvalue weighted by molar-refractivity contribution is -0.139. The summed E-state index contributed by atoms with van der Waals surface area (Å²) in [5, 5.41) is 18.5. The van der Waals surface area contributed by atoms with Gasteiger partial charge in [-0.1, -0.05) is 18.2 Å². The molecule has 0 radical (unpaired) electrons. The molecule has 0 amide bonds. The van der Waals surface area contributed by atoms with E-state index in [-0.39, 0.29) is 16.6 Å². The molecular formula is C17H12O6. The maximum atomic E-state index is 12.5. The number of carboxylic acids is 1. The van der Waals surface area contributed by atoms with E-state index in [1.54, 1.807) is 36.4 Å². The molecule has 0 saturated heterocycles. The van der Waals surface area contributed by atoms with E-state index in [4.69, 9.17) is 14.3 Å². The van der Waals surface area contributed by atoms with Gasteiger partial charge in [0, 0.05) is 0 Å². The van der Waals surface area contributed by atoms with Gasteiger partial charge in [0.2, 0.25) is 5.43 Å². The highest BCUT2D eigenvalue weighted by atomic mass is 16.5. The molecule has 0 aliphatic heterocycles. The fourth-order valence-corrected chi connectivity index (χ4v) is 2.23. The van der Waals surface area contributed by atoms with Gasteiger partial charge in [-0.2, -0.15) is 0 Å². The number of carboxylic acid groups (broad SMARTS) is 1. The molecule has 0 aliphatic carbocycles. The minimum absolute atomic E-state index is 0.121. The van der Waals surface area contributed by atoms with Crippen molar-refractivity contribution in [2.45, 2.75) is 0 Å². The van der Waals surface area contributed by atoms with Gasteiger partial charge in [0.25, 0.3) is 0 Å². The molecule has 1 aromatic heterocycles. The number of fused-ring (bicyclic) bond motifs is 1. The van der Waals surface area contributed by atoms with Gasteiger partial charge >= 0.3 is 5.97 Å². The van der Waals surface area contributed by atoms with Crippen molar-refractivity contribution >= 4 is 16.9 Å². The molecule has 0 saturated carbocycles. The Morgan fingerprint density at radius 2 is 1.87 bits per heavy atom. The molecular weight excluding hydrogens is 300 g/mol. The average Bonchev–Trinajstić information content (AvgIpc) is 2.54. The second-order valence-electron chi connectivity index (χ2n) is 4.84. The van der Waals surface area contributed by atoms with Crippen LogP contribution in [0.5, 0.6) is 11.5 Å². The number of hydrogen-bond acceptors (Lipinski definition) is 5. The highest BCUT2D eigenvalue weighted by molar-refractivity contribution is 5.86. The van der Waals surface area contributed by atoms with Gasteiger partial charge in [0.15, 0.2) is 6.61 Å². The Morgan fingerprint density at radius 1 is 1.13 bits per heavy atom. The van der Waals surface area contributed by atoms with Gasteiger partial charge in [0.1, 0.15) is 28.7 Å². The SMILES string of the molecule is O=C(O)COc1ccc(-c2coc3cccc(O)c3c2=O)cc1. The number of benzene rings is 2. The van der Waals surface area contributed by atoms with Gasteiger partial charge in [-0.25, -0.2) is 4.79 Å². The molecule has 2 aromatic carbocycles. The summed E-state index contributed by atoms with van der Waals surface area (Å²) in [6.07, 6.45) is 1.33. The topological polar surface area (TPSA) is 97.0 Å². The van der Waals surface area contributed by atoms with Gasteiger partial charge in [-0.3, -0.25) is 4.79 Å². The zero-order chi connectivity index (χ0) is 16.4. The Labute approximate surface area is 130 Å². The number of rotatable bonds is 4. The van der Waals surface area contributed by atoms with Crippen molar-refractivity contribution in [1.29, 1.82) is 0 Å². The first-order valence-electron chi connectivity index (χ1n) is 6.75. The molecule has 116 valence electrons. The maximum absolute atomic E-state index is 12.5. The van der Waals surface area contributed by atoms with E-state index in [1.807, 2.05) is 0 Å².